The van der Waals surface area contributed by atoms with Crippen molar-refractivity contribution in [3.05, 3.63) is 33.1 Å². The van der Waals surface area contributed by atoms with Gasteiger partial charge in [-0.3, -0.25) is 19.1 Å². The Hall–Kier alpha value is -2.34. The van der Waals surface area contributed by atoms with Crippen LogP contribution in [0.2, 0.25) is 0 Å². The molecule has 2 aliphatic heterocycles. The highest BCUT2D eigenvalue weighted by Gasteiger charge is 2.47. The number of H-pyrrole nitrogens is 1. The van der Waals surface area contributed by atoms with E-state index >= 15 is 0 Å². The van der Waals surface area contributed by atoms with E-state index in [0.717, 1.165) is 17.1 Å². The lowest BCUT2D eigenvalue weighted by molar-refractivity contribution is -0.182. The van der Waals surface area contributed by atoms with Gasteiger partial charge in [0.15, 0.2) is 12.5 Å². The SMILES string of the molecule is CC(=O)CCC(=O)OC[C@H]1O[C@@H](n2ccc(=O)[nH]c2=O)[C@H](OC2CCCO2)[C@@H]1O. The number of ether oxygens (including phenoxy) is 4. The van der Waals surface area contributed by atoms with Crippen LogP contribution < -0.4 is 11.2 Å². The molecule has 2 aliphatic rings. The highest BCUT2D eigenvalue weighted by Crippen LogP contribution is 2.33. The summed E-state index contributed by atoms with van der Waals surface area (Å²) < 4.78 is 23.2. The molecule has 0 saturated carbocycles. The number of ketones is 1. The van der Waals surface area contributed by atoms with Crippen molar-refractivity contribution in [2.24, 2.45) is 0 Å². The van der Waals surface area contributed by atoms with Crippen LogP contribution >= 0.6 is 0 Å². The van der Waals surface area contributed by atoms with E-state index in [1.54, 1.807) is 0 Å². The van der Waals surface area contributed by atoms with Crippen LogP contribution in [0.3, 0.4) is 0 Å². The largest absolute Gasteiger partial charge is 0.463 e. The first-order chi connectivity index (χ1) is 13.8. The van der Waals surface area contributed by atoms with Crippen molar-refractivity contribution in [2.75, 3.05) is 13.2 Å². The number of hydrogen-bond donors (Lipinski definition) is 2. The molecule has 0 amide bonds. The number of esters is 1. The van der Waals surface area contributed by atoms with Crippen molar-refractivity contribution in [3.8, 4) is 0 Å². The van der Waals surface area contributed by atoms with Crippen molar-refractivity contribution < 1.29 is 33.6 Å². The van der Waals surface area contributed by atoms with Crippen LogP contribution in [0.25, 0.3) is 0 Å². The molecular weight excluding hydrogens is 388 g/mol. The van der Waals surface area contributed by atoms with Crippen LogP contribution in [-0.2, 0) is 28.5 Å². The summed E-state index contributed by atoms with van der Waals surface area (Å²) in [7, 11) is 0. The van der Waals surface area contributed by atoms with Gasteiger partial charge in [-0.05, 0) is 13.3 Å². The highest BCUT2D eigenvalue weighted by atomic mass is 16.7. The van der Waals surface area contributed by atoms with Crippen LogP contribution in [0.15, 0.2) is 21.9 Å². The van der Waals surface area contributed by atoms with Gasteiger partial charge in [0.2, 0.25) is 0 Å². The second kappa shape index (κ2) is 9.44. The number of aromatic nitrogens is 2. The van der Waals surface area contributed by atoms with E-state index in [1.807, 2.05) is 0 Å². The maximum atomic E-state index is 12.2. The molecule has 0 bridgehead atoms. The lowest BCUT2D eigenvalue weighted by Crippen LogP contribution is -2.41. The van der Waals surface area contributed by atoms with Gasteiger partial charge >= 0.3 is 11.7 Å². The third kappa shape index (κ3) is 5.38. The van der Waals surface area contributed by atoms with Gasteiger partial charge in [-0.15, -0.1) is 0 Å². The number of nitrogens with zero attached hydrogens (tertiary/aromatic N) is 1. The summed E-state index contributed by atoms with van der Waals surface area (Å²) in [5.74, 6) is -0.737. The van der Waals surface area contributed by atoms with E-state index in [2.05, 4.69) is 4.98 Å². The summed E-state index contributed by atoms with van der Waals surface area (Å²) in [5.41, 5.74) is -1.30. The molecular formula is C18H24N2O9. The number of carbonyl (C=O) groups is 2. The van der Waals surface area contributed by atoms with Gasteiger partial charge in [-0.1, -0.05) is 0 Å². The van der Waals surface area contributed by atoms with E-state index in [-0.39, 0.29) is 25.2 Å². The number of aliphatic hydroxyl groups excluding tert-OH is 1. The summed E-state index contributed by atoms with van der Waals surface area (Å²) in [6.45, 7) is 1.61. The zero-order valence-corrected chi connectivity index (χ0v) is 15.9. The van der Waals surface area contributed by atoms with Gasteiger partial charge in [0, 0.05) is 31.7 Å². The average molecular weight is 412 g/mol. The van der Waals surface area contributed by atoms with Crippen LogP contribution in [0.5, 0.6) is 0 Å². The Kier molecular flexibility index (Phi) is 6.96. The fourth-order valence-corrected chi connectivity index (χ4v) is 3.21. The maximum absolute atomic E-state index is 12.2. The number of Topliss-reactive ketones (excluding diaryl/α,β-unsaturated/α-hetero) is 1. The molecule has 160 valence electrons. The summed E-state index contributed by atoms with van der Waals surface area (Å²) in [6, 6.07) is 1.15. The molecule has 1 aromatic heterocycles. The zero-order valence-electron chi connectivity index (χ0n) is 15.9. The van der Waals surface area contributed by atoms with E-state index in [1.165, 1.54) is 13.1 Å². The Labute approximate surface area is 165 Å². The van der Waals surface area contributed by atoms with E-state index in [9.17, 15) is 24.3 Å². The van der Waals surface area contributed by atoms with Crippen molar-refractivity contribution in [3.63, 3.8) is 0 Å². The number of aliphatic hydroxyl groups is 1. The molecule has 1 unspecified atom stereocenters. The number of nitrogens with one attached hydrogen (secondary N) is 1. The van der Waals surface area contributed by atoms with Crippen LogP contribution in [0.1, 0.15) is 38.8 Å². The molecule has 0 spiro atoms. The predicted molar refractivity (Wildman–Crippen MR) is 96.0 cm³/mol. The number of rotatable bonds is 8. The molecule has 3 rings (SSSR count). The first kappa shape index (κ1) is 21.4. The minimum absolute atomic E-state index is 0.0626. The molecule has 3 heterocycles. The summed E-state index contributed by atoms with van der Waals surface area (Å²) >= 11 is 0. The molecule has 2 N–H and O–H groups in total. The standard InChI is InChI=1S/C18H24N2O9/c1-10(21)4-5-13(23)27-9-11-15(24)16(29-14-3-2-8-26-14)17(28-11)20-7-6-12(22)19-18(20)25/h6-7,11,14-17,24H,2-5,8-9H2,1H3,(H,19,22,25)/t11-,14?,15-,16-,17-/m1/s1. The molecule has 5 atom stereocenters. The summed E-state index contributed by atoms with van der Waals surface area (Å²) in [6.07, 6.45) is -2.13. The molecule has 2 saturated heterocycles. The van der Waals surface area contributed by atoms with Crippen LogP contribution in [0, 0.1) is 0 Å². The van der Waals surface area contributed by atoms with Gasteiger partial charge < -0.3 is 28.8 Å². The van der Waals surface area contributed by atoms with E-state index < -0.39 is 48.0 Å². The smallest absolute Gasteiger partial charge is 0.330 e. The lowest BCUT2D eigenvalue weighted by atomic mass is 10.1. The molecule has 2 fully saturated rings. The Morgan fingerprint density at radius 1 is 1.34 bits per heavy atom. The fraction of sp³-hybridized carbons (Fsp3) is 0.667. The molecule has 0 aromatic carbocycles. The van der Waals surface area contributed by atoms with Gasteiger partial charge in [-0.25, -0.2) is 4.79 Å². The van der Waals surface area contributed by atoms with Gasteiger partial charge in [0.25, 0.3) is 5.56 Å². The van der Waals surface area contributed by atoms with Crippen molar-refractivity contribution in [1.29, 1.82) is 0 Å². The second-order valence-electron chi connectivity index (χ2n) is 7.00. The average Bonchev–Trinajstić information content (AvgIpc) is 3.28. The minimum Gasteiger partial charge on any atom is -0.463 e. The quantitative estimate of drug-likeness (QED) is 0.525. The molecule has 11 nitrogen and oxygen atoms in total. The zero-order chi connectivity index (χ0) is 21.0. The van der Waals surface area contributed by atoms with Crippen LogP contribution in [-0.4, -0.2) is 64.2 Å². The first-order valence-corrected chi connectivity index (χ1v) is 9.42. The highest BCUT2D eigenvalue weighted by molar-refractivity contribution is 5.80. The number of aromatic amines is 1. The summed E-state index contributed by atoms with van der Waals surface area (Å²) in [4.78, 5) is 48.4. The summed E-state index contributed by atoms with van der Waals surface area (Å²) in [5, 5.41) is 10.7. The van der Waals surface area contributed by atoms with Crippen LogP contribution in [0.4, 0.5) is 0 Å². The third-order valence-corrected chi connectivity index (χ3v) is 4.72. The van der Waals surface area contributed by atoms with Gasteiger partial charge in [0.05, 0.1) is 6.42 Å². The monoisotopic (exact) mass is 412 g/mol. The van der Waals surface area contributed by atoms with Gasteiger partial charge in [-0.2, -0.15) is 0 Å². The Bertz CT molecular complexity index is 842. The first-order valence-electron chi connectivity index (χ1n) is 9.42. The van der Waals surface area contributed by atoms with Gasteiger partial charge in [0.1, 0.15) is 30.7 Å². The second-order valence-corrected chi connectivity index (χ2v) is 7.00. The van der Waals surface area contributed by atoms with Crippen molar-refractivity contribution >= 4 is 11.8 Å². The Morgan fingerprint density at radius 3 is 2.79 bits per heavy atom. The fourth-order valence-electron chi connectivity index (χ4n) is 3.21. The molecule has 0 radical (unpaired) electrons. The number of hydrogen-bond acceptors (Lipinski definition) is 9. The van der Waals surface area contributed by atoms with E-state index in [4.69, 9.17) is 18.9 Å². The molecule has 11 heteroatoms. The minimum atomic E-state index is -1.22. The molecule has 29 heavy (non-hydrogen) atoms. The lowest BCUT2D eigenvalue weighted by Gasteiger charge is -2.24. The topological polar surface area (TPSA) is 146 Å². The Morgan fingerprint density at radius 2 is 2.14 bits per heavy atom. The normalized spacial score (nSPS) is 29.1. The van der Waals surface area contributed by atoms with Crippen molar-refractivity contribution in [2.45, 2.75) is 63.4 Å². The number of carbonyl (C=O) groups excluding carboxylic acids is 2. The Balaban J connectivity index is 1.72. The third-order valence-electron chi connectivity index (χ3n) is 4.72. The maximum Gasteiger partial charge on any atom is 0.330 e. The van der Waals surface area contributed by atoms with E-state index in [0.29, 0.717) is 13.0 Å². The molecule has 0 aliphatic carbocycles. The predicted octanol–water partition coefficient (Wildman–Crippen LogP) is -0.771. The molecule has 1 aromatic rings. The van der Waals surface area contributed by atoms with Crippen molar-refractivity contribution in [1.82, 2.24) is 9.55 Å².